The molecule has 1 amide bonds. The molecule has 0 radical (unpaired) electrons. The maximum Gasteiger partial charge on any atom is 0.261 e. The molecule has 3 rings (SSSR count). The molecule has 0 fully saturated rings. The second kappa shape index (κ2) is 8.92. The summed E-state index contributed by atoms with van der Waals surface area (Å²) in [5.41, 5.74) is 2.74. The molecular weight excluding hydrogens is 384 g/mol. The summed E-state index contributed by atoms with van der Waals surface area (Å²) in [7, 11) is -3.80. The number of carbonyl (C=O) groups is 1. The minimum atomic E-state index is -3.80. The van der Waals surface area contributed by atoms with E-state index in [0.29, 0.717) is 11.3 Å². The SMILES string of the molecule is CCC(NC(=O)c1cccc(S(=O)(=O)Nc2cccc(C)c2)c1)c1ccccc1. The molecule has 0 aliphatic heterocycles. The van der Waals surface area contributed by atoms with Gasteiger partial charge in [0.25, 0.3) is 15.9 Å². The number of rotatable bonds is 7. The van der Waals surface area contributed by atoms with Crippen molar-refractivity contribution < 1.29 is 13.2 Å². The summed E-state index contributed by atoms with van der Waals surface area (Å²) in [6, 6.07) is 22.7. The summed E-state index contributed by atoms with van der Waals surface area (Å²) < 4.78 is 28.0. The molecule has 1 unspecified atom stereocenters. The summed E-state index contributed by atoms with van der Waals surface area (Å²) in [5, 5.41) is 2.98. The highest BCUT2D eigenvalue weighted by molar-refractivity contribution is 7.92. The van der Waals surface area contributed by atoms with E-state index in [-0.39, 0.29) is 16.8 Å². The number of aryl methyl sites for hydroxylation is 1. The quantitative estimate of drug-likeness (QED) is 0.596. The lowest BCUT2D eigenvalue weighted by Crippen LogP contribution is -2.28. The highest BCUT2D eigenvalue weighted by atomic mass is 32.2. The van der Waals surface area contributed by atoms with Gasteiger partial charge in [-0.2, -0.15) is 0 Å². The van der Waals surface area contributed by atoms with Crippen LogP contribution in [0.1, 0.15) is 40.9 Å². The van der Waals surface area contributed by atoms with Crippen LogP contribution in [0.25, 0.3) is 0 Å². The Morgan fingerprint density at radius 2 is 1.66 bits per heavy atom. The first-order valence-corrected chi connectivity index (χ1v) is 10.9. The molecule has 0 saturated carbocycles. The lowest BCUT2D eigenvalue weighted by Gasteiger charge is -2.18. The number of hydrogen-bond donors (Lipinski definition) is 2. The number of sulfonamides is 1. The smallest absolute Gasteiger partial charge is 0.261 e. The molecule has 3 aromatic rings. The number of nitrogens with one attached hydrogen (secondary N) is 2. The van der Waals surface area contributed by atoms with Crippen LogP contribution in [0.2, 0.25) is 0 Å². The first-order chi connectivity index (χ1) is 13.9. The Morgan fingerprint density at radius 3 is 2.34 bits per heavy atom. The molecule has 0 bridgehead atoms. The van der Waals surface area contributed by atoms with Crippen LogP contribution in [0.5, 0.6) is 0 Å². The zero-order valence-corrected chi connectivity index (χ0v) is 17.2. The van der Waals surface area contributed by atoms with E-state index in [1.54, 1.807) is 30.3 Å². The Kier molecular flexibility index (Phi) is 6.34. The van der Waals surface area contributed by atoms with Crippen LogP contribution in [-0.2, 0) is 10.0 Å². The van der Waals surface area contributed by atoms with Crippen LogP contribution < -0.4 is 10.0 Å². The van der Waals surface area contributed by atoms with Gasteiger partial charge in [-0.25, -0.2) is 8.42 Å². The predicted molar refractivity (Wildman–Crippen MR) is 115 cm³/mol. The summed E-state index contributed by atoms with van der Waals surface area (Å²) in [5.74, 6) is -0.312. The third kappa shape index (κ3) is 5.23. The standard InChI is InChI=1S/C23H24N2O3S/c1-3-22(18-10-5-4-6-11-18)24-23(26)19-12-8-14-21(16-19)29(27,28)25-20-13-7-9-17(2)15-20/h4-16,22,25H,3H2,1-2H3,(H,24,26). The highest BCUT2D eigenvalue weighted by Crippen LogP contribution is 2.20. The molecule has 0 aromatic heterocycles. The van der Waals surface area contributed by atoms with Crippen LogP contribution in [0, 0.1) is 6.92 Å². The lowest BCUT2D eigenvalue weighted by molar-refractivity contribution is 0.0935. The molecule has 0 spiro atoms. The summed E-state index contributed by atoms with van der Waals surface area (Å²) in [4.78, 5) is 12.8. The molecule has 0 heterocycles. The molecule has 2 N–H and O–H groups in total. The van der Waals surface area contributed by atoms with Crippen molar-refractivity contribution in [3.8, 4) is 0 Å². The van der Waals surface area contributed by atoms with E-state index < -0.39 is 10.0 Å². The van der Waals surface area contributed by atoms with Gasteiger partial charge in [0.2, 0.25) is 0 Å². The van der Waals surface area contributed by atoms with Crippen LogP contribution in [0.4, 0.5) is 5.69 Å². The van der Waals surface area contributed by atoms with Crippen molar-refractivity contribution in [3.05, 3.63) is 95.6 Å². The first-order valence-electron chi connectivity index (χ1n) is 9.44. The Morgan fingerprint density at radius 1 is 0.931 bits per heavy atom. The summed E-state index contributed by atoms with van der Waals surface area (Å²) in [6.45, 7) is 3.88. The molecule has 6 heteroatoms. The molecule has 29 heavy (non-hydrogen) atoms. The zero-order valence-electron chi connectivity index (χ0n) is 16.4. The minimum Gasteiger partial charge on any atom is -0.345 e. The number of amides is 1. The second-order valence-corrected chi connectivity index (χ2v) is 8.53. The van der Waals surface area contributed by atoms with Crippen molar-refractivity contribution in [2.24, 2.45) is 0 Å². The van der Waals surface area contributed by atoms with Crippen molar-refractivity contribution in [1.82, 2.24) is 5.32 Å². The predicted octanol–water partition coefficient (Wildman–Crippen LogP) is 4.68. The molecule has 1 atom stereocenters. The monoisotopic (exact) mass is 408 g/mol. The van der Waals surface area contributed by atoms with Gasteiger partial charge in [-0.15, -0.1) is 0 Å². The fraction of sp³-hybridized carbons (Fsp3) is 0.174. The van der Waals surface area contributed by atoms with Gasteiger partial charge in [-0.3, -0.25) is 9.52 Å². The number of hydrogen-bond acceptors (Lipinski definition) is 3. The Labute approximate surface area is 171 Å². The van der Waals surface area contributed by atoms with E-state index in [4.69, 9.17) is 0 Å². The van der Waals surface area contributed by atoms with E-state index in [1.165, 1.54) is 12.1 Å². The third-order valence-electron chi connectivity index (χ3n) is 4.59. The van der Waals surface area contributed by atoms with Gasteiger partial charge in [0.1, 0.15) is 0 Å². The fourth-order valence-electron chi connectivity index (χ4n) is 3.08. The Bertz CT molecular complexity index is 1100. The average molecular weight is 409 g/mol. The van der Waals surface area contributed by atoms with Gasteiger partial charge < -0.3 is 5.32 Å². The van der Waals surface area contributed by atoms with Gasteiger partial charge in [0.15, 0.2) is 0 Å². The second-order valence-electron chi connectivity index (χ2n) is 6.85. The number of anilines is 1. The van der Waals surface area contributed by atoms with Crippen molar-refractivity contribution in [1.29, 1.82) is 0 Å². The number of carbonyl (C=O) groups excluding carboxylic acids is 1. The van der Waals surface area contributed by atoms with Gasteiger partial charge in [-0.1, -0.05) is 55.5 Å². The van der Waals surface area contributed by atoms with E-state index in [9.17, 15) is 13.2 Å². The van der Waals surface area contributed by atoms with Crippen LogP contribution in [0.15, 0.2) is 83.8 Å². The van der Waals surface area contributed by atoms with Crippen molar-refractivity contribution >= 4 is 21.6 Å². The summed E-state index contributed by atoms with van der Waals surface area (Å²) >= 11 is 0. The molecule has 150 valence electrons. The van der Waals surface area contributed by atoms with Gasteiger partial charge in [-0.05, 0) is 54.8 Å². The van der Waals surface area contributed by atoms with Crippen molar-refractivity contribution in [2.45, 2.75) is 31.2 Å². The normalized spacial score (nSPS) is 12.2. The average Bonchev–Trinajstić information content (AvgIpc) is 2.72. The first kappa shape index (κ1) is 20.6. The Balaban J connectivity index is 1.80. The fourth-order valence-corrected chi connectivity index (χ4v) is 4.17. The maximum absolute atomic E-state index is 12.7. The molecular formula is C23H24N2O3S. The van der Waals surface area contributed by atoms with Crippen LogP contribution >= 0.6 is 0 Å². The zero-order chi connectivity index (χ0) is 20.9. The van der Waals surface area contributed by atoms with Gasteiger partial charge >= 0.3 is 0 Å². The molecule has 0 aliphatic carbocycles. The minimum absolute atomic E-state index is 0.0411. The third-order valence-corrected chi connectivity index (χ3v) is 5.97. The maximum atomic E-state index is 12.7. The molecule has 0 saturated heterocycles. The van der Waals surface area contributed by atoms with Crippen LogP contribution in [0.3, 0.4) is 0 Å². The van der Waals surface area contributed by atoms with E-state index in [0.717, 1.165) is 17.5 Å². The topological polar surface area (TPSA) is 75.3 Å². The van der Waals surface area contributed by atoms with Crippen LogP contribution in [-0.4, -0.2) is 14.3 Å². The Hall–Kier alpha value is -3.12. The van der Waals surface area contributed by atoms with Gasteiger partial charge in [0.05, 0.1) is 10.9 Å². The van der Waals surface area contributed by atoms with E-state index in [2.05, 4.69) is 10.0 Å². The van der Waals surface area contributed by atoms with Gasteiger partial charge in [0, 0.05) is 11.3 Å². The van der Waals surface area contributed by atoms with Crippen molar-refractivity contribution in [2.75, 3.05) is 4.72 Å². The number of benzene rings is 3. The molecule has 3 aromatic carbocycles. The summed E-state index contributed by atoms with van der Waals surface area (Å²) in [6.07, 6.45) is 0.725. The molecule has 0 aliphatic rings. The highest BCUT2D eigenvalue weighted by Gasteiger charge is 2.18. The van der Waals surface area contributed by atoms with E-state index >= 15 is 0 Å². The largest absolute Gasteiger partial charge is 0.345 e. The molecule has 5 nitrogen and oxygen atoms in total. The van der Waals surface area contributed by atoms with E-state index in [1.807, 2.05) is 50.2 Å². The lowest BCUT2D eigenvalue weighted by atomic mass is 10.0. The van der Waals surface area contributed by atoms with Crippen molar-refractivity contribution in [3.63, 3.8) is 0 Å².